The lowest BCUT2D eigenvalue weighted by Crippen LogP contribution is -2.32. The van der Waals surface area contributed by atoms with Crippen LogP contribution in [0.1, 0.15) is 25.7 Å². The molecule has 1 amide bonds. The number of carbonyl (C=O) groups is 1. The normalized spacial score (nSPS) is 23.7. The van der Waals surface area contributed by atoms with Crippen molar-refractivity contribution in [2.24, 2.45) is 11.7 Å². The van der Waals surface area contributed by atoms with E-state index in [1.807, 2.05) is 0 Å². The maximum atomic E-state index is 12.0. The first-order valence-electron chi connectivity index (χ1n) is 5.93. The van der Waals surface area contributed by atoms with Crippen LogP contribution < -0.4 is 11.1 Å². The number of halogens is 2. The number of hydrogen-bond donors (Lipinski definition) is 2. The van der Waals surface area contributed by atoms with Gasteiger partial charge in [0.15, 0.2) is 0 Å². The first-order chi connectivity index (χ1) is 8.56. The molecule has 0 spiro atoms. The molecular weight excluding hydrogens is 273 g/mol. The summed E-state index contributed by atoms with van der Waals surface area (Å²) in [5.74, 6) is -0.00975. The van der Waals surface area contributed by atoms with Crippen LogP contribution in [0.3, 0.4) is 0 Å². The van der Waals surface area contributed by atoms with Crippen molar-refractivity contribution in [2.75, 3.05) is 5.32 Å². The summed E-state index contributed by atoms with van der Waals surface area (Å²) in [4.78, 5) is 15.9. The number of anilines is 1. The lowest BCUT2D eigenvalue weighted by atomic mass is 9.86. The zero-order chi connectivity index (χ0) is 13.1. The van der Waals surface area contributed by atoms with Crippen molar-refractivity contribution >= 4 is 34.8 Å². The molecule has 3 N–H and O–H groups in total. The Bertz CT molecular complexity index is 445. The third-order valence-electron chi connectivity index (χ3n) is 3.22. The highest BCUT2D eigenvalue weighted by Gasteiger charge is 2.24. The lowest BCUT2D eigenvalue weighted by Gasteiger charge is -2.25. The summed E-state index contributed by atoms with van der Waals surface area (Å²) in [5.41, 5.74) is 6.31. The van der Waals surface area contributed by atoms with Gasteiger partial charge in [-0.25, -0.2) is 4.98 Å². The molecule has 0 bridgehead atoms. The second kappa shape index (κ2) is 5.87. The Morgan fingerprint density at radius 1 is 1.33 bits per heavy atom. The third-order valence-corrected chi connectivity index (χ3v) is 3.74. The fourth-order valence-electron chi connectivity index (χ4n) is 2.12. The monoisotopic (exact) mass is 287 g/mol. The fourth-order valence-corrected chi connectivity index (χ4v) is 2.53. The van der Waals surface area contributed by atoms with Gasteiger partial charge in [0, 0.05) is 12.0 Å². The van der Waals surface area contributed by atoms with Crippen molar-refractivity contribution < 1.29 is 4.79 Å². The third kappa shape index (κ3) is 3.34. The SMILES string of the molecule is NC1CCC(C(=O)Nc2cnc(Cl)cc2Cl)CC1. The molecule has 1 saturated carbocycles. The fraction of sp³-hybridized carbons (Fsp3) is 0.500. The van der Waals surface area contributed by atoms with E-state index in [0.717, 1.165) is 25.7 Å². The molecule has 0 saturated heterocycles. The lowest BCUT2D eigenvalue weighted by molar-refractivity contribution is -0.120. The summed E-state index contributed by atoms with van der Waals surface area (Å²) in [7, 11) is 0. The molecule has 0 unspecified atom stereocenters. The number of pyridine rings is 1. The van der Waals surface area contributed by atoms with E-state index in [1.165, 1.54) is 12.3 Å². The first-order valence-corrected chi connectivity index (χ1v) is 6.69. The second-order valence-corrected chi connectivity index (χ2v) is 5.38. The van der Waals surface area contributed by atoms with Gasteiger partial charge in [0.05, 0.1) is 16.9 Å². The van der Waals surface area contributed by atoms with Gasteiger partial charge in [-0.3, -0.25) is 4.79 Å². The minimum absolute atomic E-state index is 0.0107. The standard InChI is InChI=1S/C12H15Cl2N3O/c13-9-5-11(14)16-6-10(9)17-12(18)7-1-3-8(15)4-2-7/h5-8H,1-4,15H2,(H,17,18). The highest BCUT2D eigenvalue weighted by Crippen LogP contribution is 2.27. The van der Waals surface area contributed by atoms with Crippen LogP contribution in [0.15, 0.2) is 12.3 Å². The van der Waals surface area contributed by atoms with Crippen LogP contribution in [0.2, 0.25) is 10.2 Å². The van der Waals surface area contributed by atoms with Crippen molar-refractivity contribution in [1.82, 2.24) is 4.98 Å². The van der Waals surface area contributed by atoms with E-state index in [-0.39, 0.29) is 17.9 Å². The zero-order valence-electron chi connectivity index (χ0n) is 9.83. The predicted molar refractivity (Wildman–Crippen MR) is 72.8 cm³/mol. The van der Waals surface area contributed by atoms with Gasteiger partial charge in [0.25, 0.3) is 0 Å². The molecule has 6 heteroatoms. The highest BCUT2D eigenvalue weighted by atomic mass is 35.5. The van der Waals surface area contributed by atoms with E-state index in [1.54, 1.807) is 0 Å². The molecule has 1 aromatic heterocycles. The van der Waals surface area contributed by atoms with Crippen molar-refractivity contribution in [2.45, 2.75) is 31.7 Å². The van der Waals surface area contributed by atoms with Crippen molar-refractivity contribution in [3.05, 3.63) is 22.4 Å². The Kier molecular flexibility index (Phi) is 4.43. The molecule has 4 nitrogen and oxygen atoms in total. The van der Waals surface area contributed by atoms with Gasteiger partial charge < -0.3 is 11.1 Å². The minimum atomic E-state index is -0.0204. The van der Waals surface area contributed by atoms with E-state index in [0.29, 0.717) is 15.9 Å². The minimum Gasteiger partial charge on any atom is -0.328 e. The van der Waals surface area contributed by atoms with Gasteiger partial charge in [-0.05, 0) is 31.7 Å². The van der Waals surface area contributed by atoms with Crippen LogP contribution >= 0.6 is 23.2 Å². The average Bonchev–Trinajstić information content (AvgIpc) is 2.33. The van der Waals surface area contributed by atoms with Crippen LogP contribution in [0.5, 0.6) is 0 Å². The highest BCUT2D eigenvalue weighted by molar-refractivity contribution is 6.36. The molecule has 98 valence electrons. The van der Waals surface area contributed by atoms with Crippen molar-refractivity contribution in [1.29, 1.82) is 0 Å². The van der Waals surface area contributed by atoms with Crippen LogP contribution in [0.4, 0.5) is 5.69 Å². The van der Waals surface area contributed by atoms with Crippen molar-refractivity contribution in [3.8, 4) is 0 Å². The number of rotatable bonds is 2. The molecule has 0 aliphatic heterocycles. The summed E-state index contributed by atoms with van der Waals surface area (Å²) in [6.45, 7) is 0. The molecule has 18 heavy (non-hydrogen) atoms. The largest absolute Gasteiger partial charge is 0.328 e. The number of hydrogen-bond acceptors (Lipinski definition) is 3. The second-order valence-electron chi connectivity index (χ2n) is 4.59. The van der Waals surface area contributed by atoms with Crippen LogP contribution in [-0.4, -0.2) is 16.9 Å². The number of nitrogens with one attached hydrogen (secondary N) is 1. The number of nitrogens with two attached hydrogens (primary N) is 1. The van der Waals surface area contributed by atoms with Crippen LogP contribution in [0.25, 0.3) is 0 Å². The van der Waals surface area contributed by atoms with E-state index in [9.17, 15) is 4.79 Å². The van der Waals surface area contributed by atoms with Gasteiger partial charge in [-0.2, -0.15) is 0 Å². The Balaban J connectivity index is 1.98. The van der Waals surface area contributed by atoms with E-state index < -0.39 is 0 Å². The Morgan fingerprint density at radius 2 is 2.00 bits per heavy atom. The molecule has 0 aromatic carbocycles. The average molecular weight is 288 g/mol. The Hall–Kier alpha value is -0.840. The summed E-state index contributed by atoms with van der Waals surface area (Å²) < 4.78 is 0. The van der Waals surface area contributed by atoms with Gasteiger partial charge in [0.2, 0.25) is 5.91 Å². The maximum Gasteiger partial charge on any atom is 0.227 e. The van der Waals surface area contributed by atoms with Gasteiger partial charge in [-0.1, -0.05) is 23.2 Å². The topological polar surface area (TPSA) is 68.0 Å². The Labute approximate surface area is 116 Å². The molecule has 2 rings (SSSR count). The van der Waals surface area contributed by atoms with Crippen LogP contribution in [0, 0.1) is 5.92 Å². The molecule has 1 aromatic rings. The van der Waals surface area contributed by atoms with Gasteiger partial charge >= 0.3 is 0 Å². The molecule has 1 aliphatic rings. The Morgan fingerprint density at radius 3 is 2.61 bits per heavy atom. The quantitative estimate of drug-likeness (QED) is 0.822. The number of nitrogens with zero attached hydrogens (tertiary/aromatic N) is 1. The molecule has 0 atom stereocenters. The van der Waals surface area contributed by atoms with Gasteiger partial charge in [0.1, 0.15) is 5.15 Å². The maximum absolute atomic E-state index is 12.0. The van der Waals surface area contributed by atoms with Crippen LogP contribution in [-0.2, 0) is 4.79 Å². The molecule has 1 aliphatic carbocycles. The summed E-state index contributed by atoms with van der Waals surface area (Å²) >= 11 is 11.7. The zero-order valence-corrected chi connectivity index (χ0v) is 11.3. The molecule has 1 fully saturated rings. The number of carbonyl (C=O) groups excluding carboxylic acids is 1. The van der Waals surface area contributed by atoms with Crippen molar-refractivity contribution in [3.63, 3.8) is 0 Å². The first kappa shape index (κ1) is 13.6. The van der Waals surface area contributed by atoms with E-state index >= 15 is 0 Å². The summed E-state index contributed by atoms with van der Waals surface area (Å²) in [5, 5.41) is 3.50. The number of aromatic nitrogens is 1. The predicted octanol–water partition coefficient (Wildman–Crippen LogP) is 2.84. The molecular formula is C12H15Cl2N3O. The van der Waals surface area contributed by atoms with Gasteiger partial charge in [-0.15, -0.1) is 0 Å². The number of amides is 1. The van der Waals surface area contributed by atoms with E-state index in [2.05, 4.69) is 10.3 Å². The molecule has 0 radical (unpaired) electrons. The van der Waals surface area contributed by atoms with E-state index in [4.69, 9.17) is 28.9 Å². The summed E-state index contributed by atoms with van der Waals surface area (Å²) in [6, 6.07) is 1.74. The molecule has 1 heterocycles. The summed E-state index contributed by atoms with van der Waals surface area (Å²) in [6.07, 6.45) is 4.91. The smallest absolute Gasteiger partial charge is 0.227 e.